The van der Waals surface area contributed by atoms with Crippen LogP contribution in [0.15, 0.2) is 22.7 Å². The zero-order valence-electron chi connectivity index (χ0n) is 9.47. The van der Waals surface area contributed by atoms with Gasteiger partial charge in [0, 0.05) is 18.0 Å². The van der Waals surface area contributed by atoms with Gasteiger partial charge in [0.05, 0.1) is 0 Å². The minimum atomic E-state index is 0.524. The van der Waals surface area contributed by atoms with Crippen molar-refractivity contribution >= 4 is 39.8 Å². The Hall–Kier alpha value is -0.850. The largest absolute Gasteiger partial charge is 0.357 e. The molecule has 4 nitrogen and oxygen atoms in total. The molecule has 2 aromatic heterocycles. The Morgan fingerprint density at radius 1 is 1.39 bits per heavy atom. The summed E-state index contributed by atoms with van der Waals surface area (Å²) in [6, 6.07) is 4.40. The van der Waals surface area contributed by atoms with E-state index in [-0.39, 0.29) is 0 Å². The van der Waals surface area contributed by atoms with Crippen molar-refractivity contribution in [1.82, 2.24) is 15.2 Å². The van der Waals surface area contributed by atoms with E-state index in [0.29, 0.717) is 11.2 Å². The molecule has 2 aromatic rings. The van der Waals surface area contributed by atoms with Gasteiger partial charge < -0.3 is 5.32 Å². The number of hydrogen-bond donors (Lipinski definition) is 1. The molecule has 0 unspecified atom stereocenters. The molecule has 94 valence electrons. The molecule has 0 aliphatic heterocycles. The van der Waals surface area contributed by atoms with Gasteiger partial charge >= 0.3 is 0 Å². The number of pyridine rings is 1. The van der Waals surface area contributed by atoms with Gasteiger partial charge in [-0.15, -0.1) is 10.2 Å². The maximum atomic E-state index is 5.74. The summed E-state index contributed by atoms with van der Waals surface area (Å²) in [7, 11) is 0. The van der Waals surface area contributed by atoms with Crippen LogP contribution < -0.4 is 5.32 Å². The average Bonchev–Trinajstić information content (AvgIpc) is 3.07. The van der Waals surface area contributed by atoms with Gasteiger partial charge in [0.25, 0.3) is 0 Å². The van der Waals surface area contributed by atoms with E-state index in [2.05, 4.69) is 20.5 Å². The number of thioether (sulfide) groups is 1. The molecule has 1 saturated carbocycles. The number of nitrogens with zero attached hydrogens (tertiary/aromatic N) is 3. The summed E-state index contributed by atoms with van der Waals surface area (Å²) in [6.45, 7) is 0. The Morgan fingerprint density at radius 2 is 2.28 bits per heavy atom. The molecule has 0 radical (unpaired) electrons. The van der Waals surface area contributed by atoms with Crippen LogP contribution in [0.1, 0.15) is 18.4 Å². The van der Waals surface area contributed by atoms with Gasteiger partial charge in [-0.1, -0.05) is 40.8 Å². The molecule has 1 N–H and O–H groups in total. The molecule has 0 saturated heterocycles. The SMILES string of the molecule is Clc1ccc(CSc2nnc(NC3CC3)s2)cn1. The fourth-order valence-corrected chi connectivity index (χ4v) is 3.24. The van der Waals surface area contributed by atoms with Crippen LogP contribution in [0.25, 0.3) is 0 Å². The van der Waals surface area contributed by atoms with Crippen LogP contribution >= 0.6 is 34.7 Å². The molecule has 3 rings (SSSR count). The van der Waals surface area contributed by atoms with E-state index in [1.807, 2.05) is 6.07 Å². The standard InChI is InChI=1S/C11H11ClN4S2/c12-9-4-1-7(5-13-9)6-17-11-16-15-10(18-11)14-8-2-3-8/h1,4-5,8H,2-3,6H2,(H,14,15). The summed E-state index contributed by atoms with van der Waals surface area (Å²) < 4.78 is 0.980. The van der Waals surface area contributed by atoms with Crippen molar-refractivity contribution in [3.05, 3.63) is 29.0 Å². The summed E-state index contributed by atoms with van der Waals surface area (Å²) in [5.41, 5.74) is 1.14. The van der Waals surface area contributed by atoms with Gasteiger partial charge in [0.15, 0.2) is 4.34 Å². The van der Waals surface area contributed by atoms with E-state index in [1.54, 1.807) is 35.4 Å². The summed E-state index contributed by atoms with van der Waals surface area (Å²) in [5.74, 6) is 0.836. The molecular weight excluding hydrogens is 288 g/mol. The second-order valence-corrected chi connectivity index (χ2v) is 6.66. The fourth-order valence-electron chi connectivity index (χ4n) is 1.37. The zero-order chi connectivity index (χ0) is 12.4. The highest BCUT2D eigenvalue weighted by Crippen LogP contribution is 2.31. The number of halogens is 1. The predicted molar refractivity (Wildman–Crippen MR) is 75.4 cm³/mol. The van der Waals surface area contributed by atoms with E-state index in [9.17, 15) is 0 Å². The van der Waals surface area contributed by atoms with Gasteiger partial charge in [0.1, 0.15) is 5.15 Å². The van der Waals surface area contributed by atoms with Gasteiger partial charge in [0.2, 0.25) is 5.13 Å². The molecule has 0 atom stereocenters. The first-order valence-electron chi connectivity index (χ1n) is 5.63. The summed E-state index contributed by atoms with van der Waals surface area (Å²) in [5, 5.41) is 13.1. The maximum Gasteiger partial charge on any atom is 0.206 e. The van der Waals surface area contributed by atoms with Crippen LogP contribution in [0, 0.1) is 0 Å². The van der Waals surface area contributed by atoms with Crippen LogP contribution in [-0.4, -0.2) is 21.2 Å². The van der Waals surface area contributed by atoms with Crippen LogP contribution in [0.2, 0.25) is 5.15 Å². The fraction of sp³-hybridized carbons (Fsp3) is 0.364. The molecule has 7 heteroatoms. The first kappa shape index (κ1) is 12.2. The predicted octanol–water partition coefficient (Wildman–Crippen LogP) is 3.45. The monoisotopic (exact) mass is 298 g/mol. The second-order valence-electron chi connectivity index (χ2n) is 4.07. The number of aromatic nitrogens is 3. The van der Waals surface area contributed by atoms with Crippen molar-refractivity contribution < 1.29 is 0 Å². The van der Waals surface area contributed by atoms with Crippen LogP contribution in [-0.2, 0) is 5.75 Å². The highest BCUT2D eigenvalue weighted by atomic mass is 35.5. The minimum Gasteiger partial charge on any atom is -0.357 e. The van der Waals surface area contributed by atoms with E-state index < -0.39 is 0 Å². The van der Waals surface area contributed by atoms with Crippen molar-refractivity contribution in [3.63, 3.8) is 0 Å². The van der Waals surface area contributed by atoms with Gasteiger partial charge in [-0.25, -0.2) is 4.98 Å². The molecule has 18 heavy (non-hydrogen) atoms. The molecule has 0 bridgehead atoms. The van der Waals surface area contributed by atoms with Gasteiger partial charge in [-0.3, -0.25) is 0 Å². The molecule has 2 heterocycles. The Bertz CT molecular complexity index is 524. The van der Waals surface area contributed by atoms with Gasteiger partial charge in [-0.05, 0) is 24.5 Å². The number of nitrogens with one attached hydrogen (secondary N) is 1. The second kappa shape index (κ2) is 5.42. The highest BCUT2D eigenvalue weighted by molar-refractivity contribution is 8.00. The van der Waals surface area contributed by atoms with E-state index >= 15 is 0 Å². The summed E-state index contributed by atoms with van der Waals surface area (Å²) in [4.78, 5) is 4.05. The lowest BCUT2D eigenvalue weighted by atomic mass is 10.3. The molecule has 1 fully saturated rings. The number of anilines is 1. The van der Waals surface area contributed by atoms with Crippen LogP contribution in [0.4, 0.5) is 5.13 Å². The van der Waals surface area contributed by atoms with E-state index in [0.717, 1.165) is 20.8 Å². The Morgan fingerprint density at radius 3 is 3.00 bits per heavy atom. The smallest absolute Gasteiger partial charge is 0.206 e. The number of hydrogen-bond acceptors (Lipinski definition) is 6. The first-order chi connectivity index (χ1) is 8.79. The van der Waals surface area contributed by atoms with Crippen molar-refractivity contribution in [3.8, 4) is 0 Å². The lowest BCUT2D eigenvalue weighted by Gasteiger charge is -1.97. The molecule has 0 aromatic carbocycles. The third kappa shape index (κ3) is 3.34. The maximum absolute atomic E-state index is 5.74. The topological polar surface area (TPSA) is 50.7 Å². The lowest BCUT2D eigenvalue weighted by molar-refractivity contribution is 0.994. The Labute approximate surface area is 118 Å². The molecule has 0 amide bonds. The van der Waals surface area contributed by atoms with Crippen LogP contribution in [0.5, 0.6) is 0 Å². The van der Waals surface area contributed by atoms with E-state index in [1.165, 1.54) is 12.8 Å². The lowest BCUT2D eigenvalue weighted by Crippen LogP contribution is -1.99. The van der Waals surface area contributed by atoms with Crippen molar-refractivity contribution in [2.24, 2.45) is 0 Å². The molecular formula is C11H11ClN4S2. The van der Waals surface area contributed by atoms with Crippen molar-refractivity contribution in [2.45, 2.75) is 29.0 Å². The Balaban J connectivity index is 1.55. The zero-order valence-corrected chi connectivity index (χ0v) is 11.9. The molecule has 1 aliphatic carbocycles. The quantitative estimate of drug-likeness (QED) is 0.677. The summed E-state index contributed by atoms with van der Waals surface area (Å²) in [6.07, 6.45) is 4.29. The normalized spacial score (nSPS) is 14.7. The van der Waals surface area contributed by atoms with Gasteiger partial charge in [-0.2, -0.15) is 0 Å². The van der Waals surface area contributed by atoms with Crippen molar-refractivity contribution in [1.29, 1.82) is 0 Å². The average molecular weight is 299 g/mol. The third-order valence-corrected chi connectivity index (χ3v) is 4.74. The highest BCUT2D eigenvalue weighted by Gasteiger charge is 2.22. The third-order valence-electron chi connectivity index (χ3n) is 2.46. The minimum absolute atomic E-state index is 0.524. The van der Waals surface area contributed by atoms with Crippen LogP contribution in [0.3, 0.4) is 0 Å². The number of rotatable bonds is 5. The molecule has 1 aliphatic rings. The first-order valence-corrected chi connectivity index (χ1v) is 7.81. The van der Waals surface area contributed by atoms with E-state index in [4.69, 9.17) is 11.6 Å². The van der Waals surface area contributed by atoms with Crippen molar-refractivity contribution in [2.75, 3.05) is 5.32 Å². The summed E-state index contributed by atoms with van der Waals surface area (Å²) >= 11 is 9.02. The molecule has 0 spiro atoms. The Kier molecular flexibility index (Phi) is 3.67.